The lowest BCUT2D eigenvalue weighted by Crippen LogP contribution is -2.46. The number of hydrogen-bond acceptors (Lipinski definition) is 2. The van der Waals surface area contributed by atoms with Gasteiger partial charge in [-0.2, -0.15) is 0 Å². The van der Waals surface area contributed by atoms with Gasteiger partial charge in [-0.3, -0.25) is 4.79 Å². The van der Waals surface area contributed by atoms with E-state index in [1.54, 1.807) is 0 Å². The van der Waals surface area contributed by atoms with Crippen LogP contribution in [0.3, 0.4) is 0 Å². The average molecular weight is 332 g/mol. The Bertz CT molecular complexity index is 443. The second kappa shape index (κ2) is 6.04. The molecule has 18 heavy (non-hydrogen) atoms. The molecule has 0 aromatic heterocycles. The van der Waals surface area contributed by atoms with Crippen LogP contribution in [-0.4, -0.2) is 18.5 Å². The van der Waals surface area contributed by atoms with E-state index in [0.717, 1.165) is 21.5 Å². The van der Waals surface area contributed by atoms with Gasteiger partial charge in [-0.05, 0) is 31.0 Å². The molecule has 2 N–H and O–H groups in total. The van der Waals surface area contributed by atoms with Gasteiger partial charge in [0.25, 0.3) is 0 Å². The minimum absolute atomic E-state index is 0.141. The van der Waals surface area contributed by atoms with Gasteiger partial charge in [-0.15, -0.1) is 0 Å². The second-order valence-corrected chi connectivity index (χ2v) is 5.92. The van der Waals surface area contributed by atoms with Crippen LogP contribution in [0, 0.1) is 0 Å². The molecular weight excluding hydrogens is 316 g/mol. The van der Waals surface area contributed by atoms with Crippen LogP contribution in [0.1, 0.15) is 31.4 Å². The summed E-state index contributed by atoms with van der Waals surface area (Å²) < 4.78 is 0.980. The van der Waals surface area contributed by atoms with Gasteiger partial charge in [0.1, 0.15) is 0 Å². The summed E-state index contributed by atoms with van der Waals surface area (Å²) in [5.41, 5.74) is 1.08. The minimum Gasteiger partial charge on any atom is -0.355 e. The summed E-state index contributed by atoms with van der Waals surface area (Å²) >= 11 is 9.62. The van der Waals surface area contributed by atoms with Crippen LogP contribution in [0.5, 0.6) is 0 Å². The molecule has 0 aliphatic carbocycles. The zero-order valence-corrected chi connectivity index (χ0v) is 12.5. The number of halogens is 2. The summed E-state index contributed by atoms with van der Waals surface area (Å²) in [5.74, 6) is 0.141. The van der Waals surface area contributed by atoms with Crippen LogP contribution >= 0.6 is 27.5 Å². The summed E-state index contributed by atoms with van der Waals surface area (Å²) in [4.78, 5) is 11.1. The fourth-order valence-electron chi connectivity index (χ4n) is 2.17. The van der Waals surface area contributed by atoms with E-state index in [4.69, 9.17) is 11.6 Å². The van der Waals surface area contributed by atoms with Crippen molar-refractivity contribution in [3.63, 3.8) is 0 Å². The summed E-state index contributed by atoms with van der Waals surface area (Å²) in [6.45, 7) is 2.78. The third kappa shape index (κ3) is 3.46. The minimum atomic E-state index is 0.141. The number of piperidine rings is 1. The van der Waals surface area contributed by atoms with Crippen molar-refractivity contribution < 1.29 is 4.79 Å². The van der Waals surface area contributed by atoms with Crippen LogP contribution in [0.15, 0.2) is 22.7 Å². The van der Waals surface area contributed by atoms with Gasteiger partial charge < -0.3 is 10.6 Å². The first kappa shape index (κ1) is 13.8. The highest BCUT2D eigenvalue weighted by molar-refractivity contribution is 9.10. The Balaban J connectivity index is 1.98. The van der Waals surface area contributed by atoms with Gasteiger partial charge in [0, 0.05) is 34.5 Å². The molecule has 0 spiro atoms. The summed E-state index contributed by atoms with van der Waals surface area (Å²) in [7, 11) is 0. The van der Waals surface area contributed by atoms with Crippen LogP contribution in [0.2, 0.25) is 5.02 Å². The Hall–Kier alpha value is -0.580. The normalized spacial score (nSPS) is 21.5. The van der Waals surface area contributed by atoms with Crippen LogP contribution in [0.4, 0.5) is 0 Å². The molecule has 2 atom stereocenters. The Morgan fingerprint density at radius 1 is 1.56 bits per heavy atom. The molecule has 1 aliphatic rings. The van der Waals surface area contributed by atoms with E-state index in [1.807, 2.05) is 18.2 Å². The lowest BCUT2D eigenvalue weighted by Gasteiger charge is -2.27. The van der Waals surface area contributed by atoms with Crippen molar-refractivity contribution in [1.29, 1.82) is 0 Å². The van der Waals surface area contributed by atoms with Crippen LogP contribution in [0.25, 0.3) is 0 Å². The number of nitrogens with one attached hydrogen (secondary N) is 2. The molecule has 1 fully saturated rings. The maximum Gasteiger partial charge on any atom is 0.220 e. The van der Waals surface area contributed by atoms with E-state index in [1.165, 1.54) is 0 Å². The number of hydrogen-bond donors (Lipinski definition) is 2. The lowest BCUT2D eigenvalue weighted by atomic mass is 10.0. The van der Waals surface area contributed by atoms with Crippen LogP contribution in [-0.2, 0) is 4.79 Å². The lowest BCUT2D eigenvalue weighted by molar-refractivity contribution is -0.122. The molecule has 1 amide bonds. The van der Waals surface area contributed by atoms with E-state index in [9.17, 15) is 4.79 Å². The molecule has 0 saturated carbocycles. The predicted molar refractivity (Wildman–Crippen MR) is 76.7 cm³/mol. The SMILES string of the molecule is CC(NC1CCC(=O)NC1)c1ccc(Br)cc1Cl. The first-order chi connectivity index (χ1) is 8.56. The maximum absolute atomic E-state index is 11.1. The number of carbonyl (C=O) groups excluding carboxylic acids is 1. The second-order valence-electron chi connectivity index (χ2n) is 4.59. The fraction of sp³-hybridized carbons (Fsp3) is 0.462. The number of amides is 1. The van der Waals surface area contributed by atoms with E-state index < -0.39 is 0 Å². The van der Waals surface area contributed by atoms with Crippen molar-refractivity contribution in [1.82, 2.24) is 10.6 Å². The van der Waals surface area contributed by atoms with Gasteiger partial charge in [0.2, 0.25) is 5.91 Å². The molecule has 0 bridgehead atoms. The molecule has 2 unspecified atom stereocenters. The summed E-state index contributed by atoms with van der Waals surface area (Å²) in [6.07, 6.45) is 1.47. The quantitative estimate of drug-likeness (QED) is 0.894. The Morgan fingerprint density at radius 3 is 2.94 bits per heavy atom. The fourth-order valence-corrected chi connectivity index (χ4v) is 3.01. The number of rotatable bonds is 3. The largest absolute Gasteiger partial charge is 0.355 e. The number of carbonyl (C=O) groups is 1. The van der Waals surface area contributed by atoms with E-state index in [-0.39, 0.29) is 11.9 Å². The monoisotopic (exact) mass is 330 g/mol. The van der Waals surface area contributed by atoms with Crippen molar-refractivity contribution in [3.8, 4) is 0 Å². The summed E-state index contributed by atoms with van der Waals surface area (Å²) in [5, 5.41) is 7.13. The predicted octanol–water partition coefficient (Wildman–Crippen LogP) is 3.03. The standard InChI is InChI=1S/C13H16BrClN2O/c1-8(11-4-2-9(14)6-12(11)15)17-10-3-5-13(18)16-7-10/h2,4,6,8,10,17H,3,5,7H2,1H3,(H,16,18). The molecular formula is C13H16BrClN2O. The van der Waals surface area contributed by atoms with E-state index in [2.05, 4.69) is 33.5 Å². The molecule has 5 heteroatoms. The Labute approximate surface area is 120 Å². The highest BCUT2D eigenvalue weighted by atomic mass is 79.9. The van der Waals surface area contributed by atoms with Crippen molar-refractivity contribution in [3.05, 3.63) is 33.3 Å². The van der Waals surface area contributed by atoms with Gasteiger partial charge in [-0.25, -0.2) is 0 Å². The smallest absolute Gasteiger partial charge is 0.220 e. The molecule has 0 radical (unpaired) electrons. The molecule has 1 aromatic rings. The first-order valence-corrected chi connectivity index (χ1v) is 7.21. The molecule has 3 nitrogen and oxygen atoms in total. The van der Waals surface area contributed by atoms with Gasteiger partial charge in [0.05, 0.1) is 0 Å². The highest BCUT2D eigenvalue weighted by Crippen LogP contribution is 2.26. The van der Waals surface area contributed by atoms with Crippen molar-refractivity contribution in [2.75, 3.05) is 6.54 Å². The van der Waals surface area contributed by atoms with E-state index >= 15 is 0 Å². The number of benzene rings is 1. The molecule has 1 heterocycles. The van der Waals surface area contributed by atoms with Gasteiger partial charge >= 0.3 is 0 Å². The van der Waals surface area contributed by atoms with Crippen LogP contribution < -0.4 is 10.6 Å². The zero-order valence-electron chi connectivity index (χ0n) is 10.2. The zero-order chi connectivity index (χ0) is 13.1. The molecule has 1 saturated heterocycles. The molecule has 1 aromatic carbocycles. The topological polar surface area (TPSA) is 41.1 Å². The molecule has 98 valence electrons. The van der Waals surface area contributed by atoms with Crippen molar-refractivity contribution in [2.24, 2.45) is 0 Å². The van der Waals surface area contributed by atoms with Crippen molar-refractivity contribution in [2.45, 2.75) is 31.8 Å². The Kier molecular flexibility index (Phi) is 4.65. The Morgan fingerprint density at radius 2 is 2.33 bits per heavy atom. The third-order valence-electron chi connectivity index (χ3n) is 3.18. The van der Waals surface area contributed by atoms with Gasteiger partial charge in [-0.1, -0.05) is 33.6 Å². The highest BCUT2D eigenvalue weighted by Gasteiger charge is 2.20. The third-order valence-corrected chi connectivity index (χ3v) is 4.00. The first-order valence-electron chi connectivity index (χ1n) is 6.04. The summed E-state index contributed by atoms with van der Waals surface area (Å²) in [6, 6.07) is 6.40. The van der Waals surface area contributed by atoms with Gasteiger partial charge in [0.15, 0.2) is 0 Å². The van der Waals surface area contributed by atoms with Crippen molar-refractivity contribution >= 4 is 33.4 Å². The van der Waals surface area contributed by atoms with E-state index in [0.29, 0.717) is 19.0 Å². The molecule has 2 rings (SSSR count). The molecule has 1 aliphatic heterocycles. The average Bonchev–Trinajstić information content (AvgIpc) is 2.32. The maximum atomic E-state index is 11.1.